The molecule has 206 valence electrons. The Kier molecular flexibility index (Phi) is 10.4. The van der Waals surface area contributed by atoms with Crippen LogP contribution in [0, 0.1) is 5.92 Å². The Morgan fingerprint density at radius 3 is 2.42 bits per heavy atom. The minimum Gasteiger partial charge on any atom is -0.494 e. The summed E-state index contributed by atoms with van der Waals surface area (Å²) in [6, 6.07) is 12.1. The number of anilines is 2. The van der Waals surface area contributed by atoms with E-state index in [0.717, 1.165) is 53.3 Å². The molecule has 0 unspecified atom stereocenters. The lowest BCUT2D eigenvalue weighted by atomic mass is 9.96. The Labute approximate surface area is 228 Å². The van der Waals surface area contributed by atoms with E-state index in [1.165, 1.54) is 0 Å². The van der Waals surface area contributed by atoms with Gasteiger partial charge >= 0.3 is 0 Å². The van der Waals surface area contributed by atoms with E-state index < -0.39 is 6.29 Å². The van der Waals surface area contributed by atoms with E-state index >= 15 is 0 Å². The maximum atomic E-state index is 12.7. The third-order valence-corrected chi connectivity index (χ3v) is 7.35. The van der Waals surface area contributed by atoms with Crippen LogP contribution in [0.3, 0.4) is 0 Å². The van der Waals surface area contributed by atoms with E-state index in [4.69, 9.17) is 14.2 Å². The first kappa shape index (κ1) is 27.9. The van der Waals surface area contributed by atoms with Gasteiger partial charge in [0.2, 0.25) is 16.2 Å². The Balaban J connectivity index is 1.28. The number of carbonyl (C=O) groups excluding carboxylic acids is 1. The van der Waals surface area contributed by atoms with Crippen LogP contribution in [-0.4, -0.2) is 66.4 Å². The Morgan fingerprint density at radius 1 is 1.03 bits per heavy atom. The number of hydrogen-bond acceptors (Lipinski definition) is 9. The molecule has 38 heavy (non-hydrogen) atoms. The van der Waals surface area contributed by atoms with Crippen molar-refractivity contribution < 1.29 is 19.0 Å². The molecule has 4 rings (SSSR count). The highest BCUT2D eigenvalue weighted by atomic mass is 32.1. The normalized spacial score (nSPS) is 14.2. The SMILES string of the molecule is CCOc1ccc(NCc2cccn2-c2nnc(N3CCC(C(=O)NCC(OCC)OCC)CC3)s2)cc1. The second kappa shape index (κ2) is 14.1. The molecule has 11 heteroatoms. The van der Waals surface area contributed by atoms with Crippen molar-refractivity contribution in [3.05, 3.63) is 48.3 Å². The number of hydrogen-bond donors (Lipinski definition) is 2. The Morgan fingerprint density at radius 2 is 1.74 bits per heavy atom. The molecular formula is C27H38N6O4S. The van der Waals surface area contributed by atoms with Crippen molar-refractivity contribution in [3.63, 3.8) is 0 Å². The number of carbonyl (C=O) groups is 1. The highest BCUT2D eigenvalue weighted by Crippen LogP contribution is 2.29. The van der Waals surface area contributed by atoms with Gasteiger partial charge in [-0.25, -0.2) is 0 Å². The minimum atomic E-state index is -0.399. The summed E-state index contributed by atoms with van der Waals surface area (Å²) in [5.41, 5.74) is 2.12. The fraction of sp³-hybridized carbons (Fsp3) is 0.519. The summed E-state index contributed by atoms with van der Waals surface area (Å²) >= 11 is 1.56. The smallest absolute Gasteiger partial charge is 0.223 e. The van der Waals surface area contributed by atoms with Crippen LogP contribution in [0.15, 0.2) is 42.6 Å². The van der Waals surface area contributed by atoms with Crippen LogP contribution in [0.1, 0.15) is 39.3 Å². The molecule has 0 aliphatic carbocycles. The van der Waals surface area contributed by atoms with Crippen molar-refractivity contribution in [3.8, 4) is 10.9 Å². The molecule has 0 spiro atoms. The Bertz CT molecular complexity index is 1120. The number of ether oxygens (including phenoxy) is 3. The van der Waals surface area contributed by atoms with Gasteiger partial charge in [-0.05, 0) is 70.0 Å². The largest absolute Gasteiger partial charge is 0.494 e. The summed E-state index contributed by atoms with van der Waals surface area (Å²) in [5, 5.41) is 17.1. The van der Waals surface area contributed by atoms with Crippen molar-refractivity contribution in [1.82, 2.24) is 20.1 Å². The van der Waals surface area contributed by atoms with E-state index in [1.807, 2.05) is 57.3 Å². The first-order valence-electron chi connectivity index (χ1n) is 13.3. The number of piperidine rings is 1. The highest BCUT2D eigenvalue weighted by Gasteiger charge is 2.27. The molecule has 0 atom stereocenters. The first-order valence-corrected chi connectivity index (χ1v) is 14.2. The van der Waals surface area contributed by atoms with E-state index in [9.17, 15) is 4.79 Å². The maximum absolute atomic E-state index is 12.7. The second-order valence-electron chi connectivity index (χ2n) is 8.89. The van der Waals surface area contributed by atoms with Crippen LogP contribution in [0.2, 0.25) is 0 Å². The fourth-order valence-electron chi connectivity index (χ4n) is 4.41. The van der Waals surface area contributed by atoms with Gasteiger partial charge in [0.25, 0.3) is 0 Å². The second-order valence-corrected chi connectivity index (χ2v) is 9.83. The van der Waals surface area contributed by atoms with Crippen LogP contribution in [0.4, 0.5) is 10.8 Å². The molecule has 10 nitrogen and oxygen atoms in total. The molecule has 1 fully saturated rings. The van der Waals surface area contributed by atoms with Crippen molar-refractivity contribution in [2.75, 3.05) is 49.7 Å². The molecule has 3 heterocycles. The van der Waals surface area contributed by atoms with Gasteiger partial charge in [-0.1, -0.05) is 11.3 Å². The highest BCUT2D eigenvalue weighted by molar-refractivity contribution is 7.17. The monoisotopic (exact) mass is 542 g/mol. The molecule has 0 saturated carbocycles. The van der Waals surface area contributed by atoms with E-state index in [1.54, 1.807) is 11.3 Å². The number of benzene rings is 1. The molecular weight excluding hydrogens is 504 g/mol. The summed E-state index contributed by atoms with van der Waals surface area (Å²) in [6.07, 6.45) is 3.15. The molecule has 0 bridgehead atoms. The summed E-state index contributed by atoms with van der Waals surface area (Å²) in [7, 11) is 0. The predicted molar refractivity (Wildman–Crippen MR) is 149 cm³/mol. The molecule has 1 amide bonds. The lowest BCUT2D eigenvalue weighted by Gasteiger charge is -2.31. The van der Waals surface area contributed by atoms with Crippen LogP contribution in [0.25, 0.3) is 5.13 Å². The van der Waals surface area contributed by atoms with Gasteiger partial charge in [0.05, 0.1) is 19.7 Å². The number of aromatic nitrogens is 3. The number of nitrogens with one attached hydrogen (secondary N) is 2. The zero-order valence-corrected chi connectivity index (χ0v) is 23.2. The van der Waals surface area contributed by atoms with E-state index in [2.05, 4.69) is 36.4 Å². The Hall–Kier alpha value is -3.15. The predicted octanol–water partition coefficient (Wildman–Crippen LogP) is 4.07. The summed E-state index contributed by atoms with van der Waals surface area (Å²) in [4.78, 5) is 14.9. The molecule has 1 saturated heterocycles. The van der Waals surface area contributed by atoms with Crippen molar-refractivity contribution >= 4 is 28.1 Å². The minimum absolute atomic E-state index is 0.0210. The van der Waals surface area contributed by atoms with Crippen molar-refractivity contribution in [2.24, 2.45) is 5.92 Å². The van der Waals surface area contributed by atoms with Gasteiger partial charge in [0, 0.05) is 49.8 Å². The number of rotatable bonds is 14. The van der Waals surface area contributed by atoms with Gasteiger partial charge < -0.3 is 29.7 Å². The lowest BCUT2D eigenvalue weighted by Crippen LogP contribution is -2.43. The van der Waals surface area contributed by atoms with Gasteiger partial charge in [-0.3, -0.25) is 9.36 Å². The standard InChI is InChI=1S/C27H38N6O4S/c1-4-35-23-11-9-21(10-12-23)28-18-22-8-7-15-33(22)27-31-30-26(38-27)32-16-13-20(14-17-32)25(34)29-19-24(36-5-2)37-6-3/h7-12,15,20,24,28H,4-6,13-14,16-19H2,1-3H3,(H,29,34). The van der Waals surface area contributed by atoms with Crippen molar-refractivity contribution in [2.45, 2.75) is 46.4 Å². The van der Waals surface area contributed by atoms with E-state index in [0.29, 0.717) is 32.9 Å². The summed E-state index contributed by atoms with van der Waals surface area (Å²) < 4.78 is 18.6. The van der Waals surface area contributed by atoms with Crippen LogP contribution in [-0.2, 0) is 20.8 Å². The zero-order chi connectivity index (χ0) is 26.7. The van der Waals surface area contributed by atoms with Crippen LogP contribution >= 0.6 is 11.3 Å². The third-order valence-electron chi connectivity index (χ3n) is 6.37. The first-order chi connectivity index (χ1) is 18.6. The molecule has 2 aromatic heterocycles. The van der Waals surface area contributed by atoms with Gasteiger partial charge in [0.15, 0.2) is 6.29 Å². The molecule has 3 aromatic rings. The zero-order valence-electron chi connectivity index (χ0n) is 22.4. The van der Waals surface area contributed by atoms with E-state index in [-0.39, 0.29) is 11.8 Å². The number of amides is 1. The average Bonchev–Trinajstić information content (AvgIpc) is 3.61. The molecule has 2 N–H and O–H groups in total. The van der Waals surface area contributed by atoms with Gasteiger partial charge in [-0.15, -0.1) is 10.2 Å². The number of nitrogens with zero attached hydrogens (tertiary/aromatic N) is 4. The lowest BCUT2D eigenvalue weighted by molar-refractivity contribution is -0.142. The van der Waals surface area contributed by atoms with Crippen molar-refractivity contribution in [1.29, 1.82) is 0 Å². The molecule has 0 radical (unpaired) electrons. The quantitative estimate of drug-likeness (QED) is 0.294. The third kappa shape index (κ3) is 7.46. The molecule has 1 aromatic carbocycles. The van der Waals surface area contributed by atoms with Gasteiger partial charge in [0.1, 0.15) is 5.75 Å². The average molecular weight is 543 g/mol. The van der Waals surface area contributed by atoms with Crippen LogP contribution in [0.5, 0.6) is 5.75 Å². The topological polar surface area (TPSA) is 103 Å². The molecule has 1 aliphatic heterocycles. The summed E-state index contributed by atoms with van der Waals surface area (Å²) in [6.45, 7) is 10.1. The maximum Gasteiger partial charge on any atom is 0.223 e. The van der Waals surface area contributed by atoms with Gasteiger partial charge in [-0.2, -0.15) is 0 Å². The summed E-state index contributed by atoms with van der Waals surface area (Å²) in [5.74, 6) is 0.903. The molecule has 1 aliphatic rings. The fourth-order valence-corrected chi connectivity index (χ4v) is 5.32. The van der Waals surface area contributed by atoms with Crippen LogP contribution < -0.4 is 20.3 Å².